The minimum Gasteiger partial charge on any atom is -0.320 e. The van der Waals surface area contributed by atoms with Crippen molar-refractivity contribution in [2.24, 2.45) is 5.73 Å². The predicted octanol–water partition coefficient (Wildman–Crippen LogP) is 4.50. The lowest BCUT2D eigenvalue weighted by atomic mass is 9.91. The minimum atomic E-state index is -0.0687. The Kier molecular flexibility index (Phi) is 3.29. The summed E-state index contributed by atoms with van der Waals surface area (Å²) in [5, 5.41) is 2.50. The third kappa shape index (κ3) is 2.21. The van der Waals surface area contributed by atoms with Crippen molar-refractivity contribution in [3.05, 3.63) is 82.9 Å². The van der Waals surface area contributed by atoms with E-state index in [9.17, 15) is 0 Å². The molecule has 0 saturated carbocycles. The molecule has 0 radical (unpaired) electrons. The molecule has 1 nitrogen and oxygen atoms in total. The Bertz CT molecular complexity index is 738. The van der Waals surface area contributed by atoms with Crippen molar-refractivity contribution >= 4 is 10.8 Å². The van der Waals surface area contributed by atoms with Crippen LogP contribution in [0, 0.1) is 13.8 Å². The summed E-state index contributed by atoms with van der Waals surface area (Å²) >= 11 is 0. The number of hydrogen-bond acceptors (Lipinski definition) is 1. The van der Waals surface area contributed by atoms with Crippen LogP contribution in [0.4, 0.5) is 0 Å². The SMILES string of the molecule is Cc1cccc(C)c1C(N)c1ccc2ccccc2c1. The molecule has 2 N–H and O–H groups in total. The second-order valence-electron chi connectivity index (χ2n) is 5.39. The fraction of sp³-hybridized carbons (Fsp3) is 0.158. The van der Waals surface area contributed by atoms with Gasteiger partial charge in [0.1, 0.15) is 0 Å². The zero-order valence-corrected chi connectivity index (χ0v) is 11.9. The van der Waals surface area contributed by atoms with E-state index in [1.54, 1.807) is 0 Å². The maximum Gasteiger partial charge on any atom is 0.0557 e. The van der Waals surface area contributed by atoms with Crippen molar-refractivity contribution in [2.45, 2.75) is 19.9 Å². The zero-order chi connectivity index (χ0) is 14.1. The Balaban J connectivity index is 2.10. The highest BCUT2D eigenvalue weighted by Gasteiger charge is 2.13. The van der Waals surface area contributed by atoms with Crippen molar-refractivity contribution in [1.82, 2.24) is 0 Å². The lowest BCUT2D eigenvalue weighted by Crippen LogP contribution is -2.14. The fourth-order valence-electron chi connectivity index (χ4n) is 2.89. The second-order valence-corrected chi connectivity index (χ2v) is 5.39. The van der Waals surface area contributed by atoms with Crippen LogP contribution in [0.5, 0.6) is 0 Å². The molecular weight excluding hydrogens is 242 g/mol. The summed E-state index contributed by atoms with van der Waals surface area (Å²) < 4.78 is 0. The summed E-state index contributed by atoms with van der Waals surface area (Å²) in [6.45, 7) is 4.26. The standard InChI is InChI=1S/C19H19N/c1-13-6-5-7-14(2)18(13)19(20)17-11-10-15-8-3-4-9-16(15)12-17/h3-12,19H,20H2,1-2H3. The molecule has 0 saturated heterocycles. The van der Waals surface area contributed by atoms with Crippen LogP contribution in [0.3, 0.4) is 0 Å². The summed E-state index contributed by atoms with van der Waals surface area (Å²) in [5.41, 5.74) is 11.4. The first kappa shape index (κ1) is 12.9. The summed E-state index contributed by atoms with van der Waals surface area (Å²) in [5.74, 6) is 0. The fourth-order valence-corrected chi connectivity index (χ4v) is 2.89. The third-order valence-corrected chi connectivity index (χ3v) is 3.99. The first-order chi connectivity index (χ1) is 9.66. The Morgan fingerprint density at radius 3 is 2.10 bits per heavy atom. The molecule has 3 aromatic carbocycles. The maximum absolute atomic E-state index is 6.51. The molecule has 20 heavy (non-hydrogen) atoms. The smallest absolute Gasteiger partial charge is 0.0557 e. The van der Waals surface area contributed by atoms with Gasteiger partial charge in [-0.05, 0) is 52.9 Å². The topological polar surface area (TPSA) is 26.0 Å². The molecule has 0 fully saturated rings. The average molecular weight is 261 g/mol. The first-order valence-electron chi connectivity index (χ1n) is 6.97. The van der Waals surface area contributed by atoms with Crippen molar-refractivity contribution in [3.8, 4) is 0 Å². The second kappa shape index (κ2) is 5.10. The lowest BCUT2D eigenvalue weighted by molar-refractivity contribution is 0.853. The van der Waals surface area contributed by atoms with Crippen LogP contribution >= 0.6 is 0 Å². The van der Waals surface area contributed by atoms with E-state index in [4.69, 9.17) is 5.73 Å². The first-order valence-corrected chi connectivity index (χ1v) is 6.97. The van der Waals surface area contributed by atoms with Gasteiger partial charge in [-0.2, -0.15) is 0 Å². The molecule has 1 heteroatoms. The molecule has 1 unspecified atom stereocenters. The Morgan fingerprint density at radius 1 is 0.750 bits per heavy atom. The van der Waals surface area contributed by atoms with E-state index >= 15 is 0 Å². The van der Waals surface area contributed by atoms with Gasteiger partial charge in [-0.1, -0.05) is 54.6 Å². The molecule has 3 rings (SSSR count). The van der Waals surface area contributed by atoms with Gasteiger partial charge in [0.2, 0.25) is 0 Å². The molecule has 0 bridgehead atoms. The summed E-state index contributed by atoms with van der Waals surface area (Å²) in [7, 11) is 0. The van der Waals surface area contributed by atoms with E-state index in [-0.39, 0.29) is 6.04 Å². The van der Waals surface area contributed by atoms with Crippen molar-refractivity contribution < 1.29 is 0 Å². The lowest BCUT2D eigenvalue weighted by Gasteiger charge is -2.18. The quantitative estimate of drug-likeness (QED) is 0.722. The van der Waals surface area contributed by atoms with E-state index in [1.807, 2.05) is 0 Å². The number of aryl methyl sites for hydroxylation is 2. The van der Waals surface area contributed by atoms with E-state index in [1.165, 1.54) is 33.0 Å². The molecular formula is C19H19N. The van der Waals surface area contributed by atoms with Crippen molar-refractivity contribution in [2.75, 3.05) is 0 Å². The highest BCUT2D eigenvalue weighted by Crippen LogP contribution is 2.27. The van der Waals surface area contributed by atoms with Crippen LogP contribution in [0.2, 0.25) is 0 Å². The monoisotopic (exact) mass is 261 g/mol. The third-order valence-electron chi connectivity index (χ3n) is 3.99. The Morgan fingerprint density at radius 2 is 1.40 bits per heavy atom. The van der Waals surface area contributed by atoms with Crippen LogP contribution in [-0.4, -0.2) is 0 Å². The summed E-state index contributed by atoms with van der Waals surface area (Å²) in [6.07, 6.45) is 0. The van der Waals surface area contributed by atoms with Crippen LogP contribution < -0.4 is 5.73 Å². The maximum atomic E-state index is 6.51. The van der Waals surface area contributed by atoms with Gasteiger partial charge in [0.05, 0.1) is 6.04 Å². The average Bonchev–Trinajstić information content (AvgIpc) is 2.46. The molecule has 0 aliphatic carbocycles. The van der Waals surface area contributed by atoms with Crippen molar-refractivity contribution in [3.63, 3.8) is 0 Å². The van der Waals surface area contributed by atoms with Gasteiger partial charge >= 0.3 is 0 Å². The molecule has 0 amide bonds. The van der Waals surface area contributed by atoms with E-state index in [0.29, 0.717) is 0 Å². The number of benzene rings is 3. The molecule has 100 valence electrons. The van der Waals surface area contributed by atoms with Gasteiger partial charge in [-0.3, -0.25) is 0 Å². The molecule has 3 aromatic rings. The highest BCUT2D eigenvalue weighted by atomic mass is 14.6. The van der Waals surface area contributed by atoms with Gasteiger partial charge in [0, 0.05) is 0 Å². The minimum absolute atomic E-state index is 0.0687. The largest absolute Gasteiger partial charge is 0.320 e. The van der Waals surface area contributed by atoms with Crippen LogP contribution in [-0.2, 0) is 0 Å². The Labute approximate surface area is 120 Å². The molecule has 0 spiro atoms. The van der Waals surface area contributed by atoms with Gasteiger partial charge in [0.25, 0.3) is 0 Å². The normalized spacial score (nSPS) is 12.6. The number of nitrogens with two attached hydrogens (primary N) is 1. The summed E-state index contributed by atoms with van der Waals surface area (Å²) in [4.78, 5) is 0. The van der Waals surface area contributed by atoms with Gasteiger partial charge < -0.3 is 5.73 Å². The van der Waals surface area contributed by atoms with E-state index < -0.39 is 0 Å². The van der Waals surface area contributed by atoms with Crippen LogP contribution in [0.1, 0.15) is 28.3 Å². The molecule has 0 aliphatic heterocycles. The molecule has 0 heterocycles. The van der Waals surface area contributed by atoms with E-state index in [2.05, 4.69) is 74.5 Å². The summed E-state index contributed by atoms with van der Waals surface area (Å²) in [6, 6.07) is 21.2. The van der Waals surface area contributed by atoms with Gasteiger partial charge in [0.15, 0.2) is 0 Å². The van der Waals surface area contributed by atoms with Crippen LogP contribution in [0.15, 0.2) is 60.7 Å². The number of hydrogen-bond donors (Lipinski definition) is 1. The molecule has 0 aliphatic rings. The van der Waals surface area contributed by atoms with Crippen LogP contribution in [0.25, 0.3) is 10.8 Å². The van der Waals surface area contributed by atoms with Gasteiger partial charge in [-0.25, -0.2) is 0 Å². The number of rotatable bonds is 2. The van der Waals surface area contributed by atoms with E-state index in [0.717, 1.165) is 0 Å². The Hall–Kier alpha value is -2.12. The molecule has 1 atom stereocenters. The number of fused-ring (bicyclic) bond motifs is 1. The highest BCUT2D eigenvalue weighted by molar-refractivity contribution is 5.83. The van der Waals surface area contributed by atoms with Crippen molar-refractivity contribution in [1.29, 1.82) is 0 Å². The zero-order valence-electron chi connectivity index (χ0n) is 11.9. The molecule has 0 aromatic heterocycles. The predicted molar refractivity (Wildman–Crippen MR) is 85.9 cm³/mol. The van der Waals surface area contributed by atoms with Gasteiger partial charge in [-0.15, -0.1) is 0 Å².